The van der Waals surface area contributed by atoms with Crippen LogP contribution in [-0.2, 0) is 5.41 Å². The Labute approximate surface area is 84.9 Å². The molecule has 0 unspecified atom stereocenters. The van der Waals surface area contributed by atoms with Gasteiger partial charge in [-0.2, -0.15) is 0 Å². The predicted molar refractivity (Wildman–Crippen MR) is 57.5 cm³/mol. The van der Waals surface area contributed by atoms with Crippen LogP contribution in [0.25, 0.3) is 0 Å². The number of nitrogens with two attached hydrogens (primary N) is 1. The third-order valence-electron chi connectivity index (χ3n) is 2.24. The average molecular weight is 194 g/mol. The molecule has 4 N–H and O–H groups in total. The van der Waals surface area contributed by atoms with Crippen molar-refractivity contribution in [2.75, 3.05) is 13.2 Å². The van der Waals surface area contributed by atoms with E-state index in [1.165, 1.54) is 5.56 Å². The summed E-state index contributed by atoms with van der Waals surface area (Å²) < 4.78 is 0. The number of nitrogens with one attached hydrogen (secondary N) is 2. The summed E-state index contributed by atoms with van der Waals surface area (Å²) in [6.07, 6.45) is 3.69. The van der Waals surface area contributed by atoms with E-state index < -0.39 is 0 Å². The van der Waals surface area contributed by atoms with E-state index in [2.05, 4.69) is 35.6 Å². The zero-order valence-electron chi connectivity index (χ0n) is 8.75. The molecule has 14 heavy (non-hydrogen) atoms. The first-order valence-electron chi connectivity index (χ1n) is 4.71. The van der Waals surface area contributed by atoms with Gasteiger partial charge in [0, 0.05) is 24.4 Å². The molecule has 0 saturated carbocycles. The van der Waals surface area contributed by atoms with Crippen LogP contribution in [0.1, 0.15) is 19.4 Å². The summed E-state index contributed by atoms with van der Waals surface area (Å²) in [7, 11) is 0. The maximum atomic E-state index is 5.17. The second-order valence-electron chi connectivity index (χ2n) is 3.93. The van der Waals surface area contributed by atoms with Crippen molar-refractivity contribution in [2.45, 2.75) is 19.3 Å². The van der Waals surface area contributed by atoms with Crippen molar-refractivity contribution in [3.05, 3.63) is 30.1 Å². The van der Waals surface area contributed by atoms with E-state index in [1.54, 1.807) is 6.20 Å². The number of aromatic nitrogens is 1. The fraction of sp³-hybridized carbons (Fsp3) is 0.500. The fourth-order valence-electron chi connectivity index (χ4n) is 1.31. The molecular formula is C10H18N4. The number of hydrogen-bond acceptors (Lipinski definition) is 4. The molecule has 0 atom stereocenters. The van der Waals surface area contributed by atoms with Crippen LogP contribution in [0.5, 0.6) is 0 Å². The summed E-state index contributed by atoms with van der Waals surface area (Å²) in [5.41, 5.74) is 3.87. The van der Waals surface area contributed by atoms with Crippen LogP contribution in [0.4, 0.5) is 0 Å². The predicted octanol–water partition coefficient (Wildman–Crippen LogP) is 0.370. The Morgan fingerprint density at radius 2 is 2.29 bits per heavy atom. The van der Waals surface area contributed by atoms with Gasteiger partial charge in [-0.25, -0.2) is 5.43 Å². The van der Waals surface area contributed by atoms with E-state index in [9.17, 15) is 0 Å². The van der Waals surface area contributed by atoms with Crippen molar-refractivity contribution in [1.82, 2.24) is 15.7 Å². The molecule has 1 rings (SSSR count). The van der Waals surface area contributed by atoms with Gasteiger partial charge in [0.2, 0.25) is 0 Å². The molecule has 0 spiro atoms. The highest BCUT2D eigenvalue weighted by Crippen LogP contribution is 2.20. The highest BCUT2D eigenvalue weighted by atomic mass is 15.3. The van der Waals surface area contributed by atoms with Crippen LogP contribution in [-0.4, -0.2) is 18.2 Å². The van der Waals surface area contributed by atoms with Crippen LogP contribution in [0, 0.1) is 0 Å². The fourth-order valence-corrected chi connectivity index (χ4v) is 1.31. The summed E-state index contributed by atoms with van der Waals surface area (Å²) in [5.74, 6) is 5.17. The van der Waals surface area contributed by atoms with Crippen LogP contribution in [0.2, 0.25) is 0 Å². The van der Waals surface area contributed by atoms with Crippen LogP contribution < -0.4 is 16.6 Å². The lowest BCUT2D eigenvalue weighted by molar-refractivity contribution is 0.453. The Balaban J connectivity index is 2.56. The second kappa shape index (κ2) is 5.05. The first-order valence-corrected chi connectivity index (χ1v) is 4.71. The van der Waals surface area contributed by atoms with Gasteiger partial charge in [-0.3, -0.25) is 10.8 Å². The number of hydrazine groups is 1. The molecule has 1 heterocycles. The molecule has 0 bridgehead atoms. The molecule has 4 heteroatoms. The molecule has 1 aromatic rings. The zero-order chi connectivity index (χ0) is 10.4. The highest BCUT2D eigenvalue weighted by molar-refractivity contribution is 5.19. The van der Waals surface area contributed by atoms with Crippen molar-refractivity contribution < 1.29 is 0 Å². The maximum absolute atomic E-state index is 5.17. The SMILES string of the molecule is CC(C)(CNCNN)c1cccnc1. The normalized spacial score (nSPS) is 11.6. The van der Waals surface area contributed by atoms with Gasteiger partial charge >= 0.3 is 0 Å². The molecule has 1 aromatic heterocycles. The Morgan fingerprint density at radius 1 is 1.50 bits per heavy atom. The Morgan fingerprint density at radius 3 is 2.86 bits per heavy atom. The second-order valence-corrected chi connectivity index (χ2v) is 3.93. The van der Waals surface area contributed by atoms with Crippen molar-refractivity contribution >= 4 is 0 Å². The quantitative estimate of drug-likeness (QED) is 0.274. The van der Waals surface area contributed by atoms with E-state index in [1.807, 2.05) is 12.3 Å². The largest absolute Gasteiger partial charge is 0.303 e. The van der Waals surface area contributed by atoms with Crippen molar-refractivity contribution in [3.8, 4) is 0 Å². The van der Waals surface area contributed by atoms with Gasteiger partial charge in [0.1, 0.15) is 0 Å². The van der Waals surface area contributed by atoms with Crippen LogP contribution in [0.3, 0.4) is 0 Å². The summed E-state index contributed by atoms with van der Waals surface area (Å²) in [6.45, 7) is 5.83. The Hall–Kier alpha value is -0.970. The van der Waals surface area contributed by atoms with Gasteiger partial charge in [-0.15, -0.1) is 0 Å². The third kappa shape index (κ3) is 3.06. The van der Waals surface area contributed by atoms with Gasteiger partial charge in [-0.1, -0.05) is 19.9 Å². The van der Waals surface area contributed by atoms with E-state index in [0.29, 0.717) is 6.67 Å². The minimum Gasteiger partial charge on any atom is -0.303 e. The maximum Gasteiger partial charge on any atom is 0.0587 e. The monoisotopic (exact) mass is 194 g/mol. The molecule has 4 nitrogen and oxygen atoms in total. The van der Waals surface area contributed by atoms with E-state index in [0.717, 1.165) is 6.54 Å². The smallest absolute Gasteiger partial charge is 0.0587 e. The number of nitrogens with zero attached hydrogens (tertiary/aromatic N) is 1. The average Bonchev–Trinajstić information content (AvgIpc) is 2.19. The summed E-state index contributed by atoms with van der Waals surface area (Å²) >= 11 is 0. The lowest BCUT2D eigenvalue weighted by atomic mass is 9.86. The lowest BCUT2D eigenvalue weighted by Crippen LogP contribution is -2.40. The highest BCUT2D eigenvalue weighted by Gasteiger charge is 2.19. The van der Waals surface area contributed by atoms with Gasteiger partial charge in [0.25, 0.3) is 0 Å². The summed E-state index contributed by atoms with van der Waals surface area (Å²) in [6, 6.07) is 4.04. The van der Waals surface area contributed by atoms with E-state index >= 15 is 0 Å². The van der Waals surface area contributed by atoms with Gasteiger partial charge in [0.15, 0.2) is 0 Å². The number of hydrogen-bond donors (Lipinski definition) is 3. The molecule has 0 fully saturated rings. The van der Waals surface area contributed by atoms with Crippen molar-refractivity contribution in [3.63, 3.8) is 0 Å². The van der Waals surface area contributed by atoms with E-state index in [-0.39, 0.29) is 5.41 Å². The molecule has 0 aromatic carbocycles. The molecule has 0 aliphatic carbocycles. The summed E-state index contributed by atoms with van der Waals surface area (Å²) in [5, 5.41) is 3.21. The molecule has 0 saturated heterocycles. The van der Waals surface area contributed by atoms with Gasteiger partial charge < -0.3 is 5.32 Å². The van der Waals surface area contributed by atoms with Crippen LogP contribution in [0.15, 0.2) is 24.5 Å². The standard InChI is InChI=1S/C10H18N4/c1-10(2,7-13-8-14-11)9-4-3-5-12-6-9/h3-6,13-14H,7-8,11H2,1-2H3. The molecule has 0 aliphatic heterocycles. The topological polar surface area (TPSA) is 63.0 Å². The minimum atomic E-state index is 0.0745. The first kappa shape index (κ1) is 11.1. The molecule has 0 amide bonds. The van der Waals surface area contributed by atoms with Gasteiger partial charge in [-0.05, 0) is 11.6 Å². The number of rotatable bonds is 5. The Kier molecular flexibility index (Phi) is 4.00. The first-order chi connectivity index (χ1) is 6.67. The van der Waals surface area contributed by atoms with Crippen molar-refractivity contribution in [1.29, 1.82) is 0 Å². The molecule has 0 radical (unpaired) electrons. The number of pyridine rings is 1. The zero-order valence-corrected chi connectivity index (χ0v) is 8.75. The van der Waals surface area contributed by atoms with E-state index in [4.69, 9.17) is 5.84 Å². The summed E-state index contributed by atoms with van der Waals surface area (Å²) in [4.78, 5) is 4.11. The van der Waals surface area contributed by atoms with Crippen LogP contribution >= 0.6 is 0 Å². The Bertz CT molecular complexity index is 258. The minimum absolute atomic E-state index is 0.0745. The molecular weight excluding hydrogens is 176 g/mol. The van der Waals surface area contributed by atoms with Gasteiger partial charge in [0.05, 0.1) is 6.67 Å². The lowest BCUT2D eigenvalue weighted by Gasteiger charge is -2.25. The third-order valence-corrected chi connectivity index (χ3v) is 2.24. The molecule has 0 aliphatic rings. The molecule has 78 valence electrons. The van der Waals surface area contributed by atoms with Crippen molar-refractivity contribution in [2.24, 2.45) is 5.84 Å².